The molecule has 1 amide bonds. The van der Waals surface area contributed by atoms with Gasteiger partial charge in [0.25, 0.3) is 5.91 Å². The minimum atomic E-state index is -3.66. The number of sulfonamides is 1. The van der Waals surface area contributed by atoms with E-state index >= 15 is 0 Å². The van der Waals surface area contributed by atoms with Gasteiger partial charge in [0.05, 0.1) is 11.4 Å². The third kappa shape index (κ3) is 3.56. The monoisotopic (exact) mass is 434 g/mol. The van der Waals surface area contributed by atoms with E-state index in [4.69, 9.17) is 0 Å². The minimum Gasteiger partial charge on any atom is -0.335 e. The molecule has 30 heavy (non-hydrogen) atoms. The van der Waals surface area contributed by atoms with Crippen LogP contribution in [0.4, 0.5) is 0 Å². The van der Waals surface area contributed by atoms with Crippen molar-refractivity contribution < 1.29 is 13.2 Å². The number of hydrogen-bond acceptors (Lipinski definition) is 5. The summed E-state index contributed by atoms with van der Waals surface area (Å²) in [5, 5.41) is 8.89. The molecule has 0 radical (unpaired) electrons. The smallest absolute Gasteiger partial charge is 0.274 e. The van der Waals surface area contributed by atoms with Crippen molar-refractivity contribution in [2.24, 2.45) is 0 Å². The molecule has 2 aliphatic heterocycles. The first kappa shape index (κ1) is 21.0. The molecule has 0 N–H and O–H groups in total. The maximum atomic E-state index is 13.3. The summed E-state index contributed by atoms with van der Waals surface area (Å²) in [5.74, 6) is -0.117. The van der Waals surface area contributed by atoms with E-state index < -0.39 is 10.0 Å². The maximum Gasteiger partial charge on any atom is 0.274 e. The van der Waals surface area contributed by atoms with E-state index in [1.165, 1.54) is 4.31 Å². The zero-order valence-electron chi connectivity index (χ0n) is 18.1. The second-order valence-corrected chi connectivity index (χ2v) is 10.3. The van der Waals surface area contributed by atoms with Crippen LogP contribution < -0.4 is 0 Å². The number of piperazine rings is 1. The van der Waals surface area contributed by atoms with Crippen molar-refractivity contribution in [3.63, 3.8) is 0 Å². The predicted molar refractivity (Wildman–Crippen MR) is 112 cm³/mol. The Balaban J connectivity index is 1.48. The normalized spacial score (nSPS) is 18.1. The highest BCUT2D eigenvalue weighted by Crippen LogP contribution is 2.26. The van der Waals surface area contributed by atoms with Gasteiger partial charge in [0, 0.05) is 44.5 Å². The van der Waals surface area contributed by atoms with Crippen molar-refractivity contribution in [3.8, 4) is 0 Å². The van der Waals surface area contributed by atoms with E-state index in [1.807, 2.05) is 24.6 Å². The highest BCUT2D eigenvalue weighted by molar-refractivity contribution is 7.89. The molecule has 0 atom stereocenters. The van der Waals surface area contributed by atoms with Crippen LogP contribution in [0.5, 0.6) is 0 Å². The van der Waals surface area contributed by atoms with Gasteiger partial charge < -0.3 is 4.90 Å². The lowest BCUT2D eigenvalue weighted by molar-refractivity contribution is 0.0691. The van der Waals surface area contributed by atoms with Gasteiger partial charge in [-0.1, -0.05) is 0 Å². The zero-order valence-corrected chi connectivity index (χ0v) is 18.9. The van der Waals surface area contributed by atoms with Crippen molar-refractivity contribution in [1.29, 1.82) is 0 Å². The van der Waals surface area contributed by atoms with Crippen LogP contribution >= 0.6 is 0 Å². The Labute approximate surface area is 177 Å². The molecule has 0 spiro atoms. The third-order valence-electron chi connectivity index (χ3n) is 6.01. The number of hydrogen-bond donors (Lipinski definition) is 0. The number of carbonyl (C=O) groups is 1. The number of nitrogens with zero attached hydrogens (tertiary/aromatic N) is 6. The summed E-state index contributed by atoms with van der Waals surface area (Å²) < 4.78 is 31.7. The molecular formula is C20H30N6O3S. The first-order chi connectivity index (χ1) is 14.2. The Morgan fingerprint density at radius 1 is 1.03 bits per heavy atom. The summed E-state index contributed by atoms with van der Waals surface area (Å²) in [5.41, 5.74) is 2.75. The number of amides is 1. The molecule has 2 aromatic heterocycles. The van der Waals surface area contributed by atoms with Crippen LogP contribution in [-0.4, -0.2) is 69.3 Å². The van der Waals surface area contributed by atoms with E-state index in [0.29, 0.717) is 30.2 Å². The van der Waals surface area contributed by atoms with E-state index in [9.17, 15) is 13.2 Å². The molecule has 2 aromatic rings. The maximum absolute atomic E-state index is 13.3. The molecule has 0 aliphatic carbocycles. The summed E-state index contributed by atoms with van der Waals surface area (Å²) in [7, 11) is -3.66. The van der Waals surface area contributed by atoms with Crippen LogP contribution in [0, 0.1) is 13.8 Å². The average Bonchev–Trinajstić information content (AvgIpc) is 3.28. The lowest BCUT2D eigenvalue weighted by Crippen LogP contribution is -2.50. The SMILES string of the molecule is Cc1nn(C(C)C)c(C)c1S(=O)(=O)N1CCN(C(=O)c2cc3n(n2)CCCC3)CC1. The molecule has 0 unspecified atom stereocenters. The van der Waals surface area contributed by atoms with E-state index in [-0.39, 0.29) is 29.9 Å². The molecule has 0 aromatic carbocycles. The average molecular weight is 435 g/mol. The molecule has 2 aliphatic rings. The lowest BCUT2D eigenvalue weighted by Gasteiger charge is -2.33. The van der Waals surface area contributed by atoms with Gasteiger partial charge in [0.1, 0.15) is 4.90 Å². The Morgan fingerprint density at radius 3 is 2.33 bits per heavy atom. The Bertz CT molecular complexity index is 1040. The van der Waals surface area contributed by atoms with Gasteiger partial charge in [0.2, 0.25) is 10.0 Å². The fourth-order valence-corrected chi connectivity index (χ4v) is 6.25. The van der Waals surface area contributed by atoms with Gasteiger partial charge in [-0.3, -0.25) is 14.2 Å². The molecule has 0 saturated carbocycles. The molecule has 1 fully saturated rings. The first-order valence-electron chi connectivity index (χ1n) is 10.6. The number of carbonyl (C=O) groups excluding carboxylic acids is 1. The second kappa shape index (κ2) is 7.81. The summed E-state index contributed by atoms with van der Waals surface area (Å²) >= 11 is 0. The van der Waals surface area contributed by atoms with Gasteiger partial charge in [-0.2, -0.15) is 14.5 Å². The summed E-state index contributed by atoms with van der Waals surface area (Å²) in [6.07, 6.45) is 3.17. The van der Waals surface area contributed by atoms with Crippen LogP contribution in [0.2, 0.25) is 0 Å². The number of aryl methyl sites for hydroxylation is 3. The van der Waals surface area contributed by atoms with Crippen LogP contribution in [0.25, 0.3) is 0 Å². The highest BCUT2D eigenvalue weighted by Gasteiger charge is 2.35. The topological polar surface area (TPSA) is 93.3 Å². The van der Waals surface area contributed by atoms with Gasteiger partial charge in [-0.25, -0.2) is 8.42 Å². The molecule has 9 nitrogen and oxygen atoms in total. The molecule has 164 valence electrons. The van der Waals surface area contributed by atoms with E-state index in [2.05, 4.69) is 10.2 Å². The Kier molecular flexibility index (Phi) is 5.48. The van der Waals surface area contributed by atoms with Gasteiger partial charge in [0.15, 0.2) is 5.69 Å². The minimum absolute atomic E-state index is 0.0860. The number of fused-ring (bicyclic) bond motifs is 1. The zero-order chi connectivity index (χ0) is 21.6. The summed E-state index contributed by atoms with van der Waals surface area (Å²) in [4.78, 5) is 14.9. The molecular weight excluding hydrogens is 404 g/mol. The second-order valence-electron chi connectivity index (χ2n) is 8.44. The largest absolute Gasteiger partial charge is 0.335 e. The van der Waals surface area contributed by atoms with E-state index in [1.54, 1.807) is 23.4 Å². The van der Waals surface area contributed by atoms with Gasteiger partial charge in [-0.05, 0) is 53.0 Å². The Morgan fingerprint density at radius 2 is 1.73 bits per heavy atom. The Hall–Kier alpha value is -2.20. The van der Waals surface area contributed by atoms with Gasteiger partial charge >= 0.3 is 0 Å². The predicted octanol–water partition coefficient (Wildman–Crippen LogP) is 1.76. The molecule has 0 bridgehead atoms. The van der Waals surface area contributed by atoms with Crippen molar-refractivity contribution in [2.45, 2.75) is 64.4 Å². The quantitative estimate of drug-likeness (QED) is 0.731. The highest BCUT2D eigenvalue weighted by atomic mass is 32.2. The standard InChI is InChI=1S/C20H30N6O3S/c1-14(2)26-16(4)19(15(3)21-26)30(28,29)24-11-9-23(10-12-24)20(27)18-13-17-7-5-6-8-25(17)22-18/h13-14H,5-12H2,1-4H3. The molecule has 1 saturated heterocycles. The lowest BCUT2D eigenvalue weighted by atomic mass is 10.1. The van der Waals surface area contributed by atoms with Crippen molar-refractivity contribution in [3.05, 3.63) is 28.8 Å². The van der Waals surface area contributed by atoms with Crippen molar-refractivity contribution in [2.75, 3.05) is 26.2 Å². The number of aromatic nitrogens is 4. The van der Waals surface area contributed by atoms with Gasteiger partial charge in [-0.15, -0.1) is 0 Å². The summed E-state index contributed by atoms with van der Waals surface area (Å²) in [6.45, 7) is 9.61. The van der Waals surface area contributed by atoms with Crippen LogP contribution in [0.3, 0.4) is 0 Å². The summed E-state index contributed by atoms with van der Waals surface area (Å²) in [6, 6.07) is 1.97. The van der Waals surface area contributed by atoms with Crippen LogP contribution in [0.15, 0.2) is 11.0 Å². The fraction of sp³-hybridized carbons (Fsp3) is 0.650. The van der Waals surface area contributed by atoms with E-state index in [0.717, 1.165) is 31.5 Å². The van der Waals surface area contributed by atoms with Crippen LogP contribution in [0.1, 0.15) is 60.3 Å². The number of rotatable bonds is 4. The van der Waals surface area contributed by atoms with Crippen molar-refractivity contribution >= 4 is 15.9 Å². The molecule has 4 rings (SSSR count). The molecule has 10 heteroatoms. The third-order valence-corrected chi connectivity index (χ3v) is 8.16. The fourth-order valence-electron chi connectivity index (χ4n) is 4.47. The molecule has 4 heterocycles. The van der Waals surface area contributed by atoms with Crippen molar-refractivity contribution in [1.82, 2.24) is 28.8 Å². The first-order valence-corrected chi connectivity index (χ1v) is 12.1. The van der Waals surface area contributed by atoms with Crippen LogP contribution in [-0.2, 0) is 23.0 Å².